The minimum Gasteiger partial charge on any atom is -0.492 e. The van der Waals surface area contributed by atoms with E-state index in [-0.39, 0.29) is 11.2 Å². The molecule has 0 aliphatic rings. The van der Waals surface area contributed by atoms with E-state index < -0.39 is 5.97 Å². The highest BCUT2D eigenvalue weighted by Crippen LogP contribution is 2.23. The SMILES string of the molecule is COC(C)(C)CCOc1cc(C(=O)O)ccc1I. The minimum atomic E-state index is -0.950. The lowest BCUT2D eigenvalue weighted by Gasteiger charge is -2.22. The number of carbonyl (C=O) groups is 1. The summed E-state index contributed by atoms with van der Waals surface area (Å²) in [5, 5.41) is 8.91. The molecular formula is C13H17IO4. The van der Waals surface area contributed by atoms with Crippen LogP contribution in [-0.4, -0.2) is 30.4 Å². The standard InChI is InChI=1S/C13H17IO4/c1-13(2,17-3)6-7-18-11-8-9(12(15)16)4-5-10(11)14/h4-5,8H,6-7H2,1-3H3,(H,15,16). The molecule has 0 saturated heterocycles. The van der Waals surface area contributed by atoms with Gasteiger partial charge in [0.05, 0.1) is 21.3 Å². The van der Waals surface area contributed by atoms with Gasteiger partial charge in [-0.05, 0) is 54.6 Å². The van der Waals surface area contributed by atoms with Crippen LogP contribution in [0.15, 0.2) is 18.2 Å². The average molecular weight is 364 g/mol. The van der Waals surface area contributed by atoms with Crippen molar-refractivity contribution in [2.45, 2.75) is 25.9 Å². The highest BCUT2D eigenvalue weighted by atomic mass is 127. The van der Waals surface area contributed by atoms with Crippen molar-refractivity contribution in [2.24, 2.45) is 0 Å². The Morgan fingerprint density at radius 1 is 1.44 bits per heavy atom. The lowest BCUT2D eigenvalue weighted by Crippen LogP contribution is -2.25. The number of methoxy groups -OCH3 is 1. The van der Waals surface area contributed by atoms with Gasteiger partial charge in [0.25, 0.3) is 0 Å². The monoisotopic (exact) mass is 364 g/mol. The maximum absolute atomic E-state index is 10.9. The predicted molar refractivity (Wildman–Crippen MR) is 77.3 cm³/mol. The van der Waals surface area contributed by atoms with Crippen molar-refractivity contribution in [1.82, 2.24) is 0 Å². The summed E-state index contributed by atoms with van der Waals surface area (Å²) in [4.78, 5) is 10.9. The van der Waals surface area contributed by atoms with Gasteiger partial charge >= 0.3 is 5.97 Å². The number of halogens is 1. The zero-order chi connectivity index (χ0) is 13.8. The van der Waals surface area contributed by atoms with Gasteiger partial charge in [-0.1, -0.05) is 0 Å². The van der Waals surface area contributed by atoms with Gasteiger partial charge in [0.1, 0.15) is 5.75 Å². The van der Waals surface area contributed by atoms with E-state index in [1.807, 2.05) is 13.8 Å². The van der Waals surface area contributed by atoms with Gasteiger partial charge in [0, 0.05) is 13.5 Å². The number of carboxylic acid groups (broad SMARTS) is 1. The minimum absolute atomic E-state index is 0.233. The molecule has 0 heterocycles. The molecule has 1 aromatic rings. The van der Waals surface area contributed by atoms with Crippen LogP contribution >= 0.6 is 22.6 Å². The lowest BCUT2D eigenvalue weighted by molar-refractivity contribution is 0.00536. The van der Waals surface area contributed by atoms with E-state index in [2.05, 4.69) is 22.6 Å². The van der Waals surface area contributed by atoms with Crippen LogP contribution in [-0.2, 0) is 4.74 Å². The summed E-state index contributed by atoms with van der Waals surface area (Å²) >= 11 is 2.12. The summed E-state index contributed by atoms with van der Waals surface area (Å²) in [5.41, 5.74) is -0.00744. The Morgan fingerprint density at radius 2 is 2.11 bits per heavy atom. The Morgan fingerprint density at radius 3 is 2.67 bits per heavy atom. The number of hydrogen-bond donors (Lipinski definition) is 1. The first-order valence-electron chi connectivity index (χ1n) is 5.56. The third-order valence-corrected chi connectivity index (χ3v) is 3.58. The highest BCUT2D eigenvalue weighted by Gasteiger charge is 2.16. The number of aromatic carboxylic acids is 1. The number of benzene rings is 1. The average Bonchev–Trinajstić information content (AvgIpc) is 2.31. The molecule has 4 nitrogen and oxygen atoms in total. The Balaban J connectivity index is 2.67. The van der Waals surface area contributed by atoms with Crippen LogP contribution in [0.25, 0.3) is 0 Å². The number of rotatable bonds is 6. The summed E-state index contributed by atoms with van der Waals surface area (Å²) in [7, 11) is 1.66. The van der Waals surface area contributed by atoms with Crippen molar-refractivity contribution in [2.75, 3.05) is 13.7 Å². The van der Waals surface area contributed by atoms with Crippen molar-refractivity contribution >= 4 is 28.6 Å². The summed E-state index contributed by atoms with van der Waals surface area (Å²) in [6.07, 6.45) is 0.733. The van der Waals surface area contributed by atoms with E-state index in [1.54, 1.807) is 25.3 Å². The van der Waals surface area contributed by atoms with Gasteiger partial charge in [0.15, 0.2) is 0 Å². The molecule has 1 rings (SSSR count). The summed E-state index contributed by atoms with van der Waals surface area (Å²) < 4.78 is 11.8. The fourth-order valence-corrected chi connectivity index (χ4v) is 1.75. The van der Waals surface area contributed by atoms with Crippen molar-refractivity contribution in [3.05, 3.63) is 27.3 Å². The van der Waals surface area contributed by atoms with Crippen molar-refractivity contribution in [3.63, 3.8) is 0 Å². The third-order valence-electron chi connectivity index (χ3n) is 2.69. The lowest BCUT2D eigenvalue weighted by atomic mass is 10.1. The number of ether oxygens (including phenoxy) is 2. The largest absolute Gasteiger partial charge is 0.492 e. The van der Waals surface area contributed by atoms with Gasteiger partial charge < -0.3 is 14.6 Å². The molecule has 0 aliphatic heterocycles. The second-order valence-electron chi connectivity index (χ2n) is 4.51. The number of hydrogen-bond acceptors (Lipinski definition) is 3. The normalized spacial score (nSPS) is 11.3. The molecule has 5 heteroatoms. The Labute approximate surface area is 120 Å². The Hall–Kier alpha value is -0.820. The van der Waals surface area contributed by atoms with Crippen LogP contribution in [0.3, 0.4) is 0 Å². The van der Waals surface area contributed by atoms with E-state index in [0.29, 0.717) is 12.4 Å². The molecule has 1 N–H and O–H groups in total. The van der Waals surface area contributed by atoms with E-state index in [9.17, 15) is 4.79 Å². The van der Waals surface area contributed by atoms with Crippen LogP contribution in [0.4, 0.5) is 0 Å². The molecule has 0 fully saturated rings. The Bertz CT molecular complexity index is 429. The highest BCUT2D eigenvalue weighted by molar-refractivity contribution is 14.1. The molecular weight excluding hydrogens is 347 g/mol. The zero-order valence-electron chi connectivity index (χ0n) is 10.7. The van der Waals surface area contributed by atoms with Gasteiger partial charge in [-0.3, -0.25) is 0 Å². The zero-order valence-corrected chi connectivity index (χ0v) is 12.9. The molecule has 0 spiro atoms. The molecule has 18 heavy (non-hydrogen) atoms. The molecule has 0 unspecified atom stereocenters. The third kappa shape index (κ3) is 4.45. The smallest absolute Gasteiger partial charge is 0.335 e. The Kier molecular flexibility index (Phi) is 5.40. The summed E-state index contributed by atoms with van der Waals surface area (Å²) in [6, 6.07) is 4.85. The van der Waals surface area contributed by atoms with Crippen LogP contribution in [0, 0.1) is 3.57 Å². The van der Waals surface area contributed by atoms with Crippen LogP contribution in [0.5, 0.6) is 5.75 Å². The first-order chi connectivity index (χ1) is 8.35. The van der Waals surface area contributed by atoms with Crippen molar-refractivity contribution in [1.29, 1.82) is 0 Å². The molecule has 0 atom stereocenters. The van der Waals surface area contributed by atoms with Crippen LogP contribution < -0.4 is 4.74 Å². The number of carboxylic acids is 1. The topological polar surface area (TPSA) is 55.8 Å². The van der Waals surface area contributed by atoms with Gasteiger partial charge in [0.2, 0.25) is 0 Å². The van der Waals surface area contributed by atoms with Crippen LogP contribution in [0.2, 0.25) is 0 Å². The first-order valence-corrected chi connectivity index (χ1v) is 6.64. The molecule has 0 amide bonds. The second kappa shape index (κ2) is 6.38. The van der Waals surface area contributed by atoms with E-state index in [1.165, 1.54) is 0 Å². The van der Waals surface area contributed by atoms with E-state index in [4.69, 9.17) is 14.6 Å². The molecule has 0 radical (unpaired) electrons. The van der Waals surface area contributed by atoms with Crippen LogP contribution in [0.1, 0.15) is 30.6 Å². The fourth-order valence-electron chi connectivity index (χ4n) is 1.26. The molecule has 0 bridgehead atoms. The van der Waals surface area contributed by atoms with Crippen molar-refractivity contribution < 1.29 is 19.4 Å². The quantitative estimate of drug-likeness (QED) is 0.788. The fraction of sp³-hybridized carbons (Fsp3) is 0.462. The molecule has 0 aliphatic carbocycles. The van der Waals surface area contributed by atoms with Gasteiger partial charge in [-0.2, -0.15) is 0 Å². The molecule has 100 valence electrons. The molecule has 1 aromatic carbocycles. The van der Waals surface area contributed by atoms with Crippen molar-refractivity contribution in [3.8, 4) is 5.75 Å². The maximum Gasteiger partial charge on any atom is 0.335 e. The van der Waals surface area contributed by atoms with E-state index >= 15 is 0 Å². The van der Waals surface area contributed by atoms with Gasteiger partial charge in [-0.15, -0.1) is 0 Å². The molecule has 0 saturated carbocycles. The predicted octanol–water partition coefficient (Wildman–Crippen LogP) is 3.18. The van der Waals surface area contributed by atoms with Gasteiger partial charge in [-0.25, -0.2) is 4.79 Å². The second-order valence-corrected chi connectivity index (χ2v) is 5.67. The maximum atomic E-state index is 10.9. The summed E-state index contributed by atoms with van der Waals surface area (Å²) in [5.74, 6) is -0.351. The summed E-state index contributed by atoms with van der Waals surface area (Å²) in [6.45, 7) is 4.45. The van der Waals surface area contributed by atoms with E-state index in [0.717, 1.165) is 9.99 Å². The first kappa shape index (κ1) is 15.2. The molecule has 0 aromatic heterocycles.